The Hall–Kier alpha value is -4.41. The standard InChI is InChI=1S/C34H44N2O9/c1-33(2,3)44-28(37)17-11-16-27(31(40)41)35-30(39)26(18-19-29(38)45-34(4,5)6)36-32(42)43-20-25-23-14-9-7-12-21(23)22-13-8-10-15-24(22)25/h7-10,12-15,25-27H,11,16-20H2,1-6H3,(H,35,39)(H,36,42)(H,40,41)/t26-,27-/m0/s1. The number of amides is 2. The van der Waals surface area contributed by atoms with Crippen molar-refractivity contribution in [2.75, 3.05) is 6.61 Å². The quantitative estimate of drug-likeness (QED) is 0.204. The minimum atomic E-state index is -1.34. The number of ether oxygens (including phenoxy) is 3. The molecule has 0 saturated carbocycles. The van der Waals surface area contributed by atoms with Gasteiger partial charge in [-0.2, -0.15) is 0 Å². The second kappa shape index (κ2) is 15.0. The number of carbonyl (C=O) groups is 5. The predicted octanol–water partition coefficient (Wildman–Crippen LogP) is 5.10. The van der Waals surface area contributed by atoms with E-state index in [0.29, 0.717) is 0 Å². The summed E-state index contributed by atoms with van der Waals surface area (Å²) >= 11 is 0. The van der Waals surface area contributed by atoms with Crippen LogP contribution >= 0.6 is 0 Å². The number of hydrogen-bond acceptors (Lipinski definition) is 8. The summed E-state index contributed by atoms with van der Waals surface area (Å²) in [5.41, 5.74) is 2.72. The summed E-state index contributed by atoms with van der Waals surface area (Å²) in [6.07, 6.45) is -1.20. The van der Waals surface area contributed by atoms with Crippen molar-refractivity contribution in [3.8, 4) is 11.1 Å². The number of aliphatic carboxylic acids is 1. The van der Waals surface area contributed by atoms with Gasteiger partial charge in [0, 0.05) is 18.8 Å². The molecule has 0 fully saturated rings. The zero-order valence-electron chi connectivity index (χ0n) is 26.8. The monoisotopic (exact) mass is 624 g/mol. The Kier molecular flexibility index (Phi) is 11.7. The van der Waals surface area contributed by atoms with Crippen LogP contribution in [0, 0.1) is 0 Å². The molecule has 11 heteroatoms. The minimum Gasteiger partial charge on any atom is -0.480 e. The average Bonchev–Trinajstić information content (AvgIpc) is 3.25. The largest absolute Gasteiger partial charge is 0.480 e. The number of esters is 2. The van der Waals surface area contributed by atoms with E-state index in [2.05, 4.69) is 10.6 Å². The molecule has 2 aromatic rings. The smallest absolute Gasteiger partial charge is 0.407 e. The third kappa shape index (κ3) is 10.9. The number of carboxylic acid groups (broad SMARTS) is 1. The lowest BCUT2D eigenvalue weighted by atomic mass is 9.98. The number of carbonyl (C=O) groups excluding carboxylic acids is 4. The van der Waals surface area contributed by atoms with Gasteiger partial charge in [0.25, 0.3) is 0 Å². The van der Waals surface area contributed by atoms with Crippen LogP contribution < -0.4 is 10.6 Å². The SMILES string of the molecule is CC(C)(C)OC(=O)CCC[C@H](NC(=O)[C@H](CCC(=O)OC(C)(C)C)NC(=O)OCC1c2ccccc2-c2ccccc21)C(=O)O. The fourth-order valence-corrected chi connectivity index (χ4v) is 5.08. The number of carboxylic acids is 1. The molecule has 244 valence electrons. The molecule has 0 bridgehead atoms. The molecule has 0 unspecified atom stereocenters. The van der Waals surface area contributed by atoms with Gasteiger partial charge in [-0.25, -0.2) is 9.59 Å². The Balaban J connectivity index is 1.66. The Morgan fingerprint density at radius 3 is 1.76 bits per heavy atom. The number of fused-ring (bicyclic) bond motifs is 3. The maximum Gasteiger partial charge on any atom is 0.407 e. The van der Waals surface area contributed by atoms with Gasteiger partial charge in [-0.3, -0.25) is 14.4 Å². The van der Waals surface area contributed by atoms with Crippen LogP contribution in [-0.4, -0.2) is 64.9 Å². The van der Waals surface area contributed by atoms with Crippen LogP contribution in [-0.2, 0) is 33.4 Å². The zero-order chi connectivity index (χ0) is 33.4. The molecule has 0 saturated heterocycles. The molecule has 2 aromatic carbocycles. The maximum atomic E-state index is 13.3. The lowest BCUT2D eigenvalue weighted by Gasteiger charge is -2.23. The molecule has 3 N–H and O–H groups in total. The van der Waals surface area contributed by atoms with E-state index in [-0.39, 0.29) is 44.6 Å². The molecular weight excluding hydrogens is 580 g/mol. The van der Waals surface area contributed by atoms with E-state index in [1.54, 1.807) is 41.5 Å². The molecule has 0 heterocycles. The molecule has 0 spiro atoms. The number of rotatable bonds is 13. The summed E-state index contributed by atoms with van der Waals surface area (Å²) < 4.78 is 16.2. The lowest BCUT2D eigenvalue weighted by molar-refractivity contribution is -0.156. The topological polar surface area (TPSA) is 157 Å². The van der Waals surface area contributed by atoms with E-state index < -0.39 is 53.2 Å². The van der Waals surface area contributed by atoms with E-state index in [1.165, 1.54) is 0 Å². The van der Waals surface area contributed by atoms with Crippen molar-refractivity contribution in [2.24, 2.45) is 0 Å². The highest BCUT2D eigenvalue weighted by molar-refractivity contribution is 5.89. The third-order valence-corrected chi connectivity index (χ3v) is 6.92. The fraction of sp³-hybridized carbons (Fsp3) is 0.500. The van der Waals surface area contributed by atoms with E-state index in [1.807, 2.05) is 48.5 Å². The van der Waals surface area contributed by atoms with Crippen molar-refractivity contribution in [1.82, 2.24) is 10.6 Å². The molecule has 11 nitrogen and oxygen atoms in total. The molecule has 0 aliphatic heterocycles. The van der Waals surface area contributed by atoms with Crippen molar-refractivity contribution >= 4 is 29.9 Å². The first-order valence-electron chi connectivity index (χ1n) is 15.1. The first-order chi connectivity index (χ1) is 21.0. The van der Waals surface area contributed by atoms with E-state index in [9.17, 15) is 29.1 Å². The summed E-state index contributed by atoms with van der Waals surface area (Å²) in [5, 5.41) is 14.7. The lowest BCUT2D eigenvalue weighted by Crippen LogP contribution is -2.52. The number of hydrogen-bond donors (Lipinski definition) is 3. The Bertz CT molecular complexity index is 1350. The van der Waals surface area contributed by atoms with E-state index >= 15 is 0 Å². The van der Waals surface area contributed by atoms with E-state index in [4.69, 9.17) is 14.2 Å². The summed E-state index contributed by atoms with van der Waals surface area (Å²) in [7, 11) is 0. The first-order valence-corrected chi connectivity index (χ1v) is 15.1. The fourth-order valence-electron chi connectivity index (χ4n) is 5.08. The zero-order valence-corrected chi connectivity index (χ0v) is 26.8. The molecule has 0 aromatic heterocycles. The van der Waals surface area contributed by atoms with Crippen LogP contribution in [0.15, 0.2) is 48.5 Å². The highest BCUT2D eigenvalue weighted by Gasteiger charge is 2.31. The Morgan fingerprint density at radius 1 is 0.733 bits per heavy atom. The molecule has 1 aliphatic carbocycles. The van der Waals surface area contributed by atoms with Gasteiger partial charge >= 0.3 is 24.0 Å². The average molecular weight is 625 g/mol. The van der Waals surface area contributed by atoms with Crippen molar-refractivity contribution in [3.05, 3.63) is 59.7 Å². The summed E-state index contributed by atoms with van der Waals surface area (Å²) in [6, 6.07) is 13.1. The van der Waals surface area contributed by atoms with Crippen molar-refractivity contribution < 1.29 is 43.3 Å². The van der Waals surface area contributed by atoms with Crippen LogP contribution in [0.3, 0.4) is 0 Å². The van der Waals surface area contributed by atoms with Gasteiger partial charge in [0.05, 0.1) is 0 Å². The molecule has 45 heavy (non-hydrogen) atoms. The minimum absolute atomic E-state index is 0.00266. The van der Waals surface area contributed by atoms with Crippen molar-refractivity contribution in [2.45, 2.75) is 103 Å². The number of benzene rings is 2. The Labute approximate surface area is 264 Å². The third-order valence-electron chi connectivity index (χ3n) is 6.92. The normalized spacial score (nSPS) is 13.9. The molecule has 2 atom stereocenters. The summed E-state index contributed by atoms with van der Waals surface area (Å²) in [6.45, 7) is 10.3. The van der Waals surface area contributed by atoms with Gasteiger partial charge in [-0.15, -0.1) is 0 Å². The Morgan fingerprint density at radius 2 is 1.24 bits per heavy atom. The van der Waals surface area contributed by atoms with Gasteiger partial charge in [0.1, 0.15) is 29.9 Å². The van der Waals surface area contributed by atoms with Gasteiger partial charge in [-0.1, -0.05) is 48.5 Å². The highest BCUT2D eigenvalue weighted by atomic mass is 16.6. The number of alkyl carbamates (subject to hydrolysis) is 1. The number of nitrogens with one attached hydrogen (secondary N) is 2. The maximum absolute atomic E-state index is 13.3. The van der Waals surface area contributed by atoms with Gasteiger partial charge in [0.2, 0.25) is 5.91 Å². The molecular formula is C34H44N2O9. The van der Waals surface area contributed by atoms with Crippen LogP contribution in [0.4, 0.5) is 4.79 Å². The summed E-state index contributed by atoms with van der Waals surface area (Å²) in [4.78, 5) is 62.7. The van der Waals surface area contributed by atoms with Crippen LogP contribution in [0.1, 0.15) is 90.7 Å². The predicted molar refractivity (Wildman–Crippen MR) is 166 cm³/mol. The van der Waals surface area contributed by atoms with Crippen LogP contribution in [0.2, 0.25) is 0 Å². The summed E-state index contributed by atoms with van der Waals surface area (Å²) in [5.74, 6) is -3.39. The van der Waals surface area contributed by atoms with Crippen molar-refractivity contribution in [1.29, 1.82) is 0 Å². The second-order valence-electron chi connectivity index (χ2n) is 13.0. The van der Waals surface area contributed by atoms with Crippen LogP contribution in [0.5, 0.6) is 0 Å². The van der Waals surface area contributed by atoms with Gasteiger partial charge < -0.3 is 30.0 Å². The van der Waals surface area contributed by atoms with Gasteiger partial charge in [0.15, 0.2) is 0 Å². The van der Waals surface area contributed by atoms with Crippen LogP contribution in [0.25, 0.3) is 11.1 Å². The first kappa shape index (κ1) is 35.1. The molecule has 1 aliphatic rings. The second-order valence-corrected chi connectivity index (χ2v) is 13.0. The van der Waals surface area contributed by atoms with Gasteiger partial charge in [-0.05, 0) is 83.1 Å². The molecule has 3 rings (SSSR count). The molecule has 0 radical (unpaired) electrons. The van der Waals surface area contributed by atoms with Crippen molar-refractivity contribution in [3.63, 3.8) is 0 Å². The van der Waals surface area contributed by atoms with E-state index in [0.717, 1.165) is 22.3 Å². The molecule has 2 amide bonds. The highest BCUT2D eigenvalue weighted by Crippen LogP contribution is 2.44.